The van der Waals surface area contributed by atoms with Gasteiger partial charge in [-0.1, -0.05) is 53.4 Å². The summed E-state index contributed by atoms with van der Waals surface area (Å²) in [5.41, 5.74) is 0. The average Bonchev–Trinajstić information content (AvgIpc) is 2.16. The van der Waals surface area contributed by atoms with E-state index in [2.05, 4.69) is 0 Å². The van der Waals surface area contributed by atoms with Crippen molar-refractivity contribution >= 4 is 35.0 Å². The standard InChI is InChI=1S/2C7H14O2.Mg/c2*1-3-4-6(2)5-7(8)9;/h2*6H,3-5H2,1-2H3,(H,8,9);/q;;+2/p-2. The number of carbonyl (C=O) groups excluding carboxylic acids is 2. The van der Waals surface area contributed by atoms with E-state index in [1.165, 1.54) is 0 Å². The third-order valence-corrected chi connectivity index (χ3v) is 2.59. The molecular formula is C14H26MgO4. The van der Waals surface area contributed by atoms with Crippen LogP contribution in [0.5, 0.6) is 0 Å². The zero-order valence-corrected chi connectivity index (χ0v) is 14.2. The van der Waals surface area contributed by atoms with E-state index in [-0.39, 0.29) is 47.7 Å². The van der Waals surface area contributed by atoms with E-state index in [4.69, 9.17) is 0 Å². The Kier molecular flexibility index (Phi) is 19.7. The van der Waals surface area contributed by atoms with Crippen molar-refractivity contribution in [3.8, 4) is 0 Å². The SMILES string of the molecule is CCCC(C)CC(=O)[O-].CCCC(C)CC(=O)[O-].[Mg+2]. The van der Waals surface area contributed by atoms with Crippen LogP contribution in [0.25, 0.3) is 0 Å². The van der Waals surface area contributed by atoms with E-state index in [1.54, 1.807) is 0 Å². The normalized spacial score (nSPS) is 12.4. The Bertz CT molecular complexity index is 207. The van der Waals surface area contributed by atoms with Gasteiger partial charge in [0.25, 0.3) is 0 Å². The Labute approximate surface area is 133 Å². The van der Waals surface area contributed by atoms with Crippen molar-refractivity contribution in [2.75, 3.05) is 0 Å². The van der Waals surface area contributed by atoms with E-state index < -0.39 is 11.9 Å². The number of aliphatic carboxylic acids is 2. The van der Waals surface area contributed by atoms with E-state index in [1.807, 2.05) is 27.7 Å². The molecule has 0 N–H and O–H groups in total. The summed E-state index contributed by atoms with van der Waals surface area (Å²) in [6.45, 7) is 7.95. The summed E-state index contributed by atoms with van der Waals surface area (Å²) in [5, 5.41) is 19.9. The second-order valence-corrected chi connectivity index (χ2v) is 4.94. The fourth-order valence-corrected chi connectivity index (χ4v) is 1.76. The fourth-order valence-electron chi connectivity index (χ4n) is 1.76. The van der Waals surface area contributed by atoms with Gasteiger partial charge in [0.2, 0.25) is 0 Å². The summed E-state index contributed by atoms with van der Waals surface area (Å²) >= 11 is 0. The molecule has 0 rings (SSSR count). The van der Waals surface area contributed by atoms with Crippen LogP contribution in [0.1, 0.15) is 66.2 Å². The quantitative estimate of drug-likeness (QED) is 0.615. The summed E-state index contributed by atoms with van der Waals surface area (Å²) in [6.07, 6.45) is 4.46. The van der Waals surface area contributed by atoms with Gasteiger partial charge in [0, 0.05) is 11.9 Å². The number of rotatable bonds is 8. The average molecular weight is 283 g/mol. The molecule has 0 aromatic rings. The molecule has 0 fully saturated rings. The van der Waals surface area contributed by atoms with Crippen LogP contribution in [0.4, 0.5) is 0 Å². The molecule has 108 valence electrons. The molecule has 0 radical (unpaired) electrons. The zero-order chi connectivity index (χ0) is 14.6. The Hall–Kier alpha value is -0.294. The molecule has 0 saturated heterocycles. The number of hydrogen-bond acceptors (Lipinski definition) is 4. The van der Waals surface area contributed by atoms with Crippen LogP contribution in [-0.2, 0) is 9.59 Å². The summed E-state index contributed by atoms with van der Waals surface area (Å²) in [7, 11) is 0. The molecule has 0 heterocycles. The number of carbonyl (C=O) groups is 2. The maximum Gasteiger partial charge on any atom is 2.00 e. The molecule has 0 amide bonds. The molecule has 0 aliphatic heterocycles. The summed E-state index contributed by atoms with van der Waals surface area (Å²) in [6, 6.07) is 0. The maximum atomic E-state index is 9.97. The molecule has 0 aromatic carbocycles. The molecule has 2 atom stereocenters. The van der Waals surface area contributed by atoms with Crippen molar-refractivity contribution in [3.63, 3.8) is 0 Å². The molecule has 0 saturated carbocycles. The van der Waals surface area contributed by atoms with Crippen LogP contribution in [0.3, 0.4) is 0 Å². The van der Waals surface area contributed by atoms with E-state index >= 15 is 0 Å². The monoisotopic (exact) mass is 282 g/mol. The molecule has 0 spiro atoms. The molecule has 19 heavy (non-hydrogen) atoms. The number of carboxylic acids is 2. The van der Waals surface area contributed by atoms with Crippen molar-refractivity contribution in [3.05, 3.63) is 0 Å². The molecular weight excluding hydrogens is 256 g/mol. The van der Waals surface area contributed by atoms with E-state index in [9.17, 15) is 19.8 Å². The van der Waals surface area contributed by atoms with Gasteiger partial charge in [-0.15, -0.1) is 0 Å². The topological polar surface area (TPSA) is 80.3 Å². The summed E-state index contributed by atoms with van der Waals surface area (Å²) in [4.78, 5) is 19.9. The van der Waals surface area contributed by atoms with Gasteiger partial charge in [0.1, 0.15) is 0 Å². The number of carboxylic acid groups (broad SMARTS) is 2. The molecule has 4 nitrogen and oxygen atoms in total. The van der Waals surface area contributed by atoms with Crippen molar-refractivity contribution in [2.24, 2.45) is 11.8 Å². The second kappa shape index (κ2) is 15.8. The third-order valence-electron chi connectivity index (χ3n) is 2.59. The van der Waals surface area contributed by atoms with Gasteiger partial charge in [0.15, 0.2) is 0 Å². The Morgan fingerprint density at radius 3 is 1.26 bits per heavy atom. The smallest absolute Gasteiger partial charge is 0.550 e. The van der Waals surface area contributed by atoms with Crippen LogP contribution in [-0.4, -0.2) is 35.0 Å². The minimum atomic E-state index is -0.934. The van der Waals surface area contributed by atoms with Crippen LogP contribution in [0, 0.1) is 11.8 Å². The molecule has 0 aliphatic carbocycles. The summed E-state index contributed by atoms with van der Waals surface area (Å²) in [5.74, 6) is -1.31. The Morgan fingerprint density at radius 2 is 1.11 bits per heavy atom. The largest absolute Gasteiger partial charge is 2.00 e. The first-order valence-corrected chi connectivity index (χ1v) is 6.73. The third kappa shape index (κ3) is 23.3. The Morgan fingerprint density at radius 1 is 0.842 bits per heavy atom. The van der Waals surface area contributed by atoms with Gasteiger partial charge in [-0.3, -0.25) is 0 Å². The molecule has 2 unspecified atom stereocenters. The molecule has 5 heteroatoms. The van der Waals surface area contributed by atoms with E-state index in [0.717, 1.165) is 25.7 Å². The first-order chi connectivity index (χ1) is 8.33. The molecule has 0 bridgehead atoms. The predicted molar refractivity (Wildman–Crippen MR) is 73.1 cm³/mol. The van der Waals surface area contributed by atoms with Crippen LogP contribution >= 0.6 is 0 Å². The van der Waals surface area contributed by atoms with Gasteiger partial charge in [-0.05, 0) is 24.7 Å². The van der Waals surface area contributed by atoms with Crippen molar-refractivity contribution < 1.29 is 19.8 Å². The first-order valence-electron chi connectivity index (χ1n) is 6.73. The first kappa shape index (κ1) is 23.8. The maximum absolute atomic E-state index is 9.97. The van der Waals surface area contributed by atoms with Gasteiger partial charge in [0.05, 0.1) is 0 Å². The van der Waals surface area contributed by atoms with Gasteiger partial charge < -0.3 is 19.8 Å². The fraction of sp³-hybridized carbons (Fsp3) is 0.857. The second-order valence-electron chi connectivity index (χ2n) is 4.94. The van der Waals surface area contributed by atoms with Crippen LogP contribution in [0.2, 0.25) is 0 Å². The van der Waals surface area contributed by atoms with Gasteiger partial charge in [-0.25, -0.2) is 0 Å². The molecule has 0 aliphatic rings. The van der Waals surface area contributed by atoms with E-state index in [0.29, 0.717) is 0 Å². The van der Waals surface area contributed by atoms with Gasteiger partial charge >= 0.3 is 23.1 Å². The Balaban J connectivity index is -0.000000256. The predicted octanol–water partition coefficient (Wildman–Crippen LogP) is 0.744. The van der Waals surface area contributed by atoms with Crippen LogP contribution in [0.15, 0.2) is 0 Å². The number of hydrogen-bond donors (Lipinski definition) is 0. The van der Waals surface area contributed by atoms with Crippen LogP contribution < -0.4 is 10.2 Å². The van der Waals surface area contributed by atoms with Gasteiger partial charge in [-0.2, -0.15) is 0 Å². The summed E-state index contributed by atoms with van der Waals surface area (Å²) < 4.78 is 0. The van der Waals surface area contributed by atoms with Crippen molar-refractivity contribution in [1.82, 2.24) is 0 Å². The molecule has 0 aromatic heterocycles. The van der Waals surface area contributed by atoms with Crippen molar-refractivity contribution in [1.29, 1.82) is 0 Å². The minimum absolute atomic E-state index is 0. The van der Waals surface area contributed by atoms with Crippen molar-refractivity contribution in [2.45, 2.75) is 66.2 Å². The zero-order valence-electron chi connectivity index (χ0n) is 12.7. The minimum Gasteiger partial charge on any atom is -0.550 e.